The third-order valence-electron chi connectivity index (χ3n) is 5.35. The Bertz CT molecular complexity index is 683. The Hall–Kier alpha value is -2.27. The Morgan fingerprint density at radius 1 is 1.12 bits per heavy atom. The van der Waals surface area contributed by atoms with Crippen molar-refractivity contribution in [2.75, 3.05) is 13.1 Å². The molecule has 0 saturated carbocycles. The van der Waals surface area contributed by atoms with Crippen molar-refractivity contribution in [3.05, 3.63) is 60.2 Å². The van der Waals surface area contributed by atoms with Crippen molar-refractivity contribution in [1.82, 2.24) is 20.2 Å². The lowest BCUT2D eigenvalue weighted by atomic mass is 9.76. The van der Waals surface area contributed by atoms with Crippen LogP contribution in [0.15, 0.2) is 49.1 Å². The maximum absolute atomic E-state index is 12.6. The summed E-state index contributed by atoms with van der Waals surface area (Å²) in [6, 6.07) is 8.27. The normalized spacial score (nSPS) is 28.5. The molecule has 3 saturated heterocycles. The average molecular weight is 322 g/mol. The fraction of sp³-hybridized carbons (Fsp3) is 0.421. The molecule has 24 heavy (non-hydrogen) atoms. The van der Waals surface area contributed by atoms with Crippen LogP contribution in [0.3, 0.4) is 0 Å². The summed E-state index contributed by atoms with van der Waals surface area (Å²) >= 11 is 0. The second-order valence-corrected chi connectivity index (χ2v) is 6.75. The molecule has 2 atom stereocenters. The average Bonchev–Trinajstić information content (AvgIpc) is 2.66. The summed E-state index contributed by atoms with van der Waals surface area (Å²) < 4.78 is 0. The molecule has 1 N–H and O–H groups in total. The van der Waals surface area contributed by atoms with Crippen LogP contribution < -0.4 is 5.32 Å². The minimum atomic E-state index is -0.0157. The van der Waals surface area contributed by atoms with Crippen LogP contribution in [0.25, 0.3) is 0 Å². The van der Waals surface area contributed by atoms with E-state index in [0.717, 1.165) is 19.5 Å². The second-order valence-electron chi connectivity index (χ2n) is 6.75. The van der Waals surface area contributed by atoms with Crippen molar-refractivity contribution >= 4 is 5.91 Å². The fourth-order valence-corrected chi connectivity index (χ4v) is 4.11. The molecule has 0 aliphatic carbocycles. The van der Waals surface area contributed by atoms with Gasteiger partial charge in [-0.25, -0.2) is 0 Å². The van der Waals surface area contributed by atoms with E-state index < -0.39 is 0 Å². The number of nitrogens with zero attached hydrogens (tertiary/aromatic N) is 3. The number of hydrogen-bond acceptors (Lipinski definition) is 4. The van der Waals surface area contributed by atoms with E-state index in [0.29, 0.717) is 17.5 Å². The molecular formula is C19H22N4O. The minimum Gasteiger partial charge on any atom is -0.347 e. The van der Waals surface area contributed by atoms with Crippen molar-refractivity contribution in [3.8, 4) is 0 Å². The number of nitrogens with one attached hydrogen (secondary N) is 1. The van der Waals surface area contributed by atoms with Gasteiger partial charge in [-0.3, -0.25) is 19.7 Å². The Kier molecular flexibility index (Phi) is 4.26. The van der Waals surface area contributed by atoms with Crippen molar-refractivity contribution in [1.29, 1.82) is 0 Å². The van der Waals surface area contributed by atoms with E-state index in [2.05, 4.69) is 26.3 Å². The summed E-state index contributed by atoms with van der Waals surface area (Å²) in [6.07, 6.45) is 10.3. The topological polar surface area (TPSA) is 58.1 Å². The molecule has 0 aromatic carbocycles. The van der Waals surface area contributed by atoms with Crippen LogP contribution >= 0.6 is 0 Å². The summed E-state index contributed by atoms with van der Waals surface area (Å²) in [5.74, 6) is 0.551. The first-order valence-corrected chi connectivity index (χ1v) is 8.65. The number of amides is 1. The van der Waals surface area contributed by atoms with Crippen LogP contribution in [0.1, 0.15) is 28.8 Å². The quantitative estimate of drug-likeness (QED) is 0.934. The van der Waals surface area contributed by atoms with Gasteiger partial charge in [-0.15, -0.1) is 0 Å². The van der Waals surface area contributed by atoms with Gasteiger partial charge in [-0.2, -0.15) is 0 Å². The Morgan fingerprint density at radius 2 is 1.88 bits per heavy atom. The maximum Gasteiger partial charge on any atom is 0.253 e. The summed E-state index contributed by atoms with van der Waals surface area (Å²) in [6.45, 7) is 2.27. The number of piperidine rings is 3. The van der Waals surface area contributed by atoms with Crippen LogP contribution in [0, 0.1) is 5.92 Å². The molecule has 5 heterocycles. The molecule has 3 fully saturated rings. The van der Waals surface area contributed by atoms with E-state index in [1.165, 1.54) is 18.4 Å². The van der Waals surface area contributed by atoms with Crippen molar-refractivity contribution in [3.63, 3.8) is 0 Å². The molecule has 3 aliphatic rings. The van der Waals surface area contributed by atoms with Gasteiger partial charge in [0.05, 0.1) is 5.56 Å². The van der Waals surface area contributed by atoms with Crippen LogP contribution in [0.4, 0.5) is 0 Å². The molecule has 0 spiro atoms. The van der Waals surface area contributed by atoms with Gasteiger partial charge >= 0.3 is 0 Å². The molecule has 1 amide bonds. The van der Waals surface area contributed by atoms with E-state index in [9.17, 15) is 4.79 Å². The van der Waals surface area contributed by atoms with Crippen molar-refractivity contribution in [2.24, 2.45) is 5.92 Å². The third-order valence-corrected chi connectivity index (χ3v) is 5.35. The lowest BCUT2D eigenvalue weighted by Gasteiger charge is -2.51. The number of carbonyl (C=O) groups is 1. The number of carbonyl (C=O) groups excluding carboxylic acids is 1. The van der Waals surface area contributed by atoms with Gasteiger partial charge in [0.15, 0.2) is 0 Å². The zero-order valence-corrected chi connectivity index (χ0v) is 13.6. The molecule has 124 valence electrons. The molecular weight excluding hydrogens is 300 g/mol. The maximum atomic E-state index is 12.6. The van der Waals surface area contributed by atoms with Gasteiger partial charge in [0.2, 0.25) is 0 Å². The highest BCUT2D eigenvalue weighted by atomic mass is 16.1. The summed E-state index contributed by atoms with van der Waals surface area (Å²) in [5.41, 5.74) is 1.87. The molecule has 5 rings (SSSR count). The first-order chi connectivity index (χ1) is 11.8. The van der Waals surface area contributed by atoms with E-state index in [-0.39, 0.29) is 11.9 Å². The minimum absolute atomic E-state index is 0.0157. The van der Waals surface area contributed by atoms with E-state index in [4.69, 9.17) is 0 Å². The first-order valence-electron chi connectivity index (χ1n) is 8.65. The zero-order chi connectivity index (χ0) is 16.4. The fourth-order valence-electron chi connectivity index (χ4n) is 4.11. The Balaban J connectivity index is 1.53. The largest absolute Gasteiger partial charge is 0.347 e. The highest BCUT2D eigenvalue weighted by molar-refractivity contribution is 5.94. The van der Waals surface area contributed by atoms with Gasteiger partial charge in [0.1, 0.15) is 0 Å². The van der Waals surface area contributed by atoms with Crippen LogP contribution in [0.5, 0.6) is 0 Å². The van der Waals surface area contributed by atoms with Crippen molar-refractivity contribution < 1.29 is 4.79 Å². The molecule has 0 radical (unpaired) electrons. The van der Waals surface area contributed by atoms with Crippen LogP contribution in [-0.2, 0) is 6.42 Å². The lowest BCUT2D eigenvalue weighted by molar-refractivity contribution is 0.0136. The van der Waals surface area contributed by atoms with Crippen LogP contribution in [-0.4, -0.2) is 45.9 Å². The third kappa shape index (κ3) is 3.04. The first kappa shape index (κ1) is 15.3. The van der Waals surface area contributed by atoms with Gasteiger partial charge in [-0.1, -0.05) is 6.07 Å². The highest BCUT2D eigenvalue weighted by Crippen LogP contribution is 2.34. The number of hydrogen-bond donors (Lipinski definition) is 1. The molecule has 5 heteroatoms. The number of pyridine rings is 2. The van der Waals surface area contributed by atoms with Gasteiger partial charge in [-0.05, 0) is 62.0 Å². The number of rotatable bonds is 4. The highest BCUT2D eigenvalue weighted by Gasteiger charge is 2.42. The summed E-state index contributed by atoms with van der Waals surface area (Å²) in [7, 11) is 0. The summed E-state index contributed by atoms with van der Waals surface area (Å²) in [4.78, 5) is 23.4. The van der Waals surface area contributed by atoms with E-state index in [1.807, 2.05) is 18.3 Å². The van der Waals surface area contributed by atoms with E-state index in [1.54, 1.807) is 24.7 Å². The molecule has 3 aliphatic heterocycles. The van der Waals surface area contributed by atoms with Crippen molar-refractivity contribution in [2.45, 2.75) is 31.3 Å². The Labute approximate surface area is 142 Å². The molecule has 2 aromatic rings. The molecule has 2 aromatic heterocycles. The zero-order valence-electron chi connectivity index (χ0n) is 13.6. The second kappa shape index (κ2) is 6.69. The predicted molar refractivity (Wildman–Crippen MR) is 91.5 cm³/mol. The number of fused-ring (bicyclic) bond motifs is 3. The van der Waals surface area contributed by atoms with E-state index >= 15 is 0 Å². The van der Waals surface area contributed by atoms with Crippen LogP contribution in [0.2, 0.25) is 0 Å². The number of aromatic nitrogens is 2. The predicted octanol–water partition coefficient (Wildman–Crippen LogP) is 1.91. The Morgan fingerprint density at radius 3 is 2.54 bits per heavy atom. The SMILES string of the molecule is O=C(N[C@@H]1C2CCN(CC2)[C@H]1Cc1cccnc1)c1cccnc1. The molecule has 2 bridgehead atoms. The lowest BCUT2D eigenvalue weighted by Crippen LogP contribution is -2.64. The standard InChI is InChI=1S/C19H22N4O/c24-19(16-4-2-8-21-13-16)22-18-15-5-9-23(10-6-15)17(18)11-14-3-1-7-20-12-14/h1-4,7-8,12-13,15,17-18H,5-6,9-11H2,(H,22,24)/t17-,18+/m0/s1. The smallest absolute Gasteiger partial charge is 0.253 e. The molecule has 5 nitrogen and oxygen atoms in total. The van der Waals surface area contributed by atoms with Gasteiger partial charge < -0.3 is 5.32 Å². The van der Waals surface area contributed by atoms with Gasteiger partial charge in [0, 0.05) is 36.9 Å². The van der Waals surface area contributed by atoms with Gasteiger partial charge in [0.25, 0.3) is 5.91 Å². The summed E-state index contributed by atoms with van der Waals surface area (Å²) in [5, 5.41) is 3.30. The molecule has 0 unspecified atom stereocenters. The monoisotopic (exact) mass is 322 g/mol.